The van der Waals surface area contributed by atoms with Gasteiger partial charge in [0, 0.05) is 25.9 Å². The second kappa shape index (κ2) is 5.04. The second-order valence-corrected chi connectivity index (χ2v) is 4.49. The molecular weight excluding hydrogens is 252 g/mol. The number of aromatic nitrogens is 4. The molecule has 18 heavy (non-hydrogen) atoms. The lowest BCUT2D eigenvalue weighted by Gasteiger charge is -2.09. The van der Waals surface area contributed by atoms with E-state index >= 15 is 0 Å². The molecule has 5 nitrogen and oxygen atoms in total. The van der Waals surface area contributed by atoms with Gasteiger partial charge in [0.15, 0.2) is 5.82 Å². The zero-order valence-corrected chi connectivity index (χ0v) is 11.6. The van der Waals surface area contributed by atoms with Crippen LogP contribution in [0.4, 0.5) is 0 Å². The average molecular weight is 267 g/mol. The molecule has 0 fully saturated rings. The summed E-state index contributed by atoms with van der Waals surface area (Å²) in [5.74, 6) is 0.559. The van der Waals surface area contributed by atoms with Gasteiger partial charge >= 0.3 is 0 Å². The molecule has 0 saturated carbocycles. The Morgan fingerprint density at radius 2 is 2.00 bits per heavy atom. The van der Waals surface area contributed by atoms with E-state index in [9.17, 15) is 0 Å². The molecule has 1 unspecified atom stereocenters. The van der Waals surface area contributed by atoms with Gasteiger partial charge in [0.2, 0.25) is 0 Å². The average Bonchev–Trinajstić information content (AvgIpc) is 2.68. The van der Waals surface area contributed by atoms with Gasteiger partial charge in [0.05, 0.1) is 5.69 Å². The van der Waals surface area contributed by atoms with Crippen LogP contribution in [-0.2, 0) is 11.8 Å². The summed E-state index contributed by atoms with van der Waals surface area (Å²) in [5.41, 5.74) is 2.54. The molecule has 0 saturated heterocycles. The molecule has 6 heteroatoms. The van der Waals surface area contributed by atoms with Crippen molar-refractivity contribution < 1.29 is 4.74 Å². The summed E-state index contributed by atoms with van der Waals surface area (Å²) in [6.45, 7) is 3.86. The van der Waals surface area contributed by atoms with Crippen LogP contribution in [0.25, 0.3) is 11.4 Å². The number of halogens is 1. The van der Waals surface area contributed by atoms with Crippen molar-refractivity contribution in [2.24, 2.45) is 7.05 Å². The topological polar surface area (TPSA) is 52.8 Å². The van der Waals surface area contributed by atoms with Gasteiger partial charge in [-0.25, -0.2) is 9.97 Å². The van der Waals surface area contributed by atoms with Gasteiger partial charge in [-0.3, -0.25) is 4.68 Å². The van der Waals surface area contributed by atoms with Crippen LogP contribution in [0.3, 0.4) is 0 Å². The summed E-state index contributed by atoms with van der Waals surface area (Å²) >= 11 is 6.01. The maximum atomic E-state index is 6.01. The quantitative estimate of drug-likeness (QED) is 0.801. The first-order valence-corrected chi connectivity index (χ1v) is 5.97. The molecule has 0 aliphatic rings. The Bertz CT molecular complexity index is 548. The zero-order chi connectivity index (χ0) is 13.3. The van der Waals surface area contributed by atoms with Gasteiger partial charge in [0.1, 0.15) is 17.0 Å². The standard InChI is InChI=1S/C12H15ClN4O/c1-7-5-10(16-17(7)3)9-6-11(13)15-12(14-9)8(2)18-4/h5-6,8H,1-4H3. The predicted molar refractivity (Wildman–Crippen MR) is 69.4 cm³/mol. The Labute approximate surface area is 111 Å². The third-order valence-electron chi connectivity index (χ3n) is 2.81. The highest BCUT2D eigenvalue weighted by Crippen LogP contribution is 2.22. The van der Waals surface area contributed by atoms with E-state index in [1.807, 2.05) is 27.0 Å². The maximum absolute atomic E-state index is 6.01. The third-order valence-corrected chi connectivity index (χ3v) is 3.00. The number of hydrogen-bond donors (Lipinski definition) is 0. The first-order valence-electron chi connectivity index (χ1n) is 5.59. The van der Waals surface area contributed by atoms with Crippen molar-refractivity contribution in [2.75, 3.05) is 7.11 Å². The van der Waals surface area contributed by atoms with Crippen molar-refractivity contribution in [1.82, 2.24) is 19.7 Å². The van der Waals surface area contributed by atoms with Crippen molar-refractivity contribution in [3.8, 4) is 11.4 Å². The SMILES string of the molecule is COC(C)c1nc(Cl)cc(-c2cc(C)n(C)n2)n1. The molecule has 2 rings (SSSR count). The molecule has 0 aliphatic carbocycles. The van der Waals surface area contributed by atoms with Crippen molar-refractivity contribution in [2.45, 2.75) is 20.0 Å². The Hall–Kier alpha value is -1.46. The van der Waals surface area contributed by atoms with Gasteiger partial charge in [0.25, 0.3) is 0 Å². The van der Waals surface area contributed by atoms with Crippen LogP contribution in [0.5, 0.6) is 0 Å². The summed E-state index contributed by atoms with van der Waals surface area (Å²) in [6.07, 6.45) is -0.202. The van der Waals surface area contributed by atoms with E-state index in [-0.39, 0.29) is 6.10 Å². The zero-order valence-electron chi connectivity index (χ0n) is 10.8. The van der Waals surface area contributed by atoms with Crippen molar-refractivity contribution in [3.05, 3.63) is 28.8 Å². The minimum absolute atomic E-state index is 0.202. The van der Waals surface area contributed by atoms with E-state index in [0.717, 1.165) is 11.4 Å². The fourth-order valence-electron chi connectivity index (χ4n) is 1.54. The van der Waals surface area contributed by atoms with Gasteiger partial charge in [-0.15, -0.1) is 0 Å². The summed E-state index contributed by atoms with van der Waals surface area (Å²) in [4.78, 5) is 8.59. The minimum atomic E-state index is -0.202. The molecule has 0 radical (unpaired) electrons. The van der Waals surface area contributed by atoms with Crippen LogP contribution in [0.1, 0.15) is 24.5 Å². The normalized spacial score (nSPS) is 12.7. The van der Waals surface area contributed by atoms with Gasteiger partial charge < -0.3 is 4.74 Å². The lowest BCUT2D eigenvalue weighted by molar-refractivity contribution is 0.112. The van der Waals surface area contributed by atoms with E-state index in [0.29, 0.717) is 16.7 Å². The first-order chi connectivity index (χ1) is 8.51. The Kier molecular flexibility index (Phi) is 3.63. The third kappa shape index (κ3) is 2.52. The number of hydrogen-bond acceptors (Lipinski definition) is 4. The van der Waals surface area contributed by atoms with Crippen LogP contribution in [0.15, 0.2) is 12.1 Å². The molecule has 2 heterocycles. The summed E-state index contributed by atoms with van der Waals surface area (Å²) in [7, 11) is 3.50. The Balaban J connectivity index is 2.47. The number of aryl methyl sites for hydroxylation is 2. The maximum Gasteiger partial charge on any atom is 0.159 e. The van der Waals surface area contributed by atoms with Gasteiger partial charge in [-0.1, -0.05) is 11.6 Å². The number of nitrogens with zero attached hydrogens (tertiary/aromatic N) is 4. The minimum Gasteiger partial charge on any atom is -0.374 e. The fourth-order valence-corrected chi connectivity index (χ4v) is 1.73. The highest BCUT2D eigenvalue weighted by atomic mass is 35.5. The van der Waals surface area contributed by atoms with E-state index in [1.165, 1.54) is 0 Å². The fraction of sp³-hybridized carbons (Fsp3) is 0.417. The summed E-state index contributed by atoms with van der Waals surface area (Å²) in [6, 6.07) is 3.66. The highest BCUT2D eigenvalue weighted by Gasteiger charge is 2.13. The molecule has 1 atom stereocenters. The monoisotopic (exact) mass is 266 g/mol. The molecule has 96 valence electrons. The van der Waals surface area contributed by atoms with Crippen molar-refractivity contribution in [3.63, 3.8) is 0 Å². The van der Waals surface area contributed by atoms with Crippen LogP contribution in [0.2, 0.25) is 5.15 Å². The van der Waals surface area contributed by atoms with Gasteiger partial charge in [-0.2, -0.15) is 5.10 Å². The molecule has 2 aromatic rings. The Morgan fingerprint density at radius 3 is 2.56 bits per heavy atom. The van der Waals surface area contributed by atoms with E-state index in [2.05, 4.69) is 15.1 Å². The van der Waals surface area contributed by atoms with E-state index < -0.39 is 0 Å². The van der Waals surface area contributed by atoms with Crippen LogP contribution < -0.4 is 0 Å². The molecular formula is C12H15ClN4O. The highest BCUT2D eigenvalue weighted by molar-refractivity contribution is 6.29. The molecule has 2 aromatic heterocycles. The van der Waals surface area contributed by atoms with Crippen molar-refractivity contribution >= 4 is 11.6 Å². The van der Waals surface area contributed by atoms with E-state index in [1.54, 1.807) is 17.9 Å². The van der Waals surface area contributed by atoms with Gasteiger partial charge in [-0.05, 0) is 19.9 Å². The summed E-state index contributed by atoms with van der Waals surface area (Å²) in [5, 5.41) is 4.77. The largest absolute Gasteiger partial charge is 0.374 e. The molecule has 0 N–H and O–H groups in total. The number of rotatable bonds is 3. The van der Waals surface area contributed by atoms with Crippen LogP contribution in [0, 0.1) is 6.92 Å². The number of methoxy groups -OCH3 is 1. The molecule has 0 amide bonds. The smallest absolute Gasteiger partial charge is 0.159 e. The van der Waals surface area contributed by atoms with Crippen LogP contribution >= 0.6 is 11.6 Å². The number of ether oxygens (including phenoxy) is 1. The molecule has 0 aromatic carbocycles. The Morgan fingerprint density at radius 1 is 1.28 bits per heavy atom. The second-order valence-electron chi connectivity index (χ2n) is 4.11. The molecule has 0 spiro atoms. The molecule has 0 bridgehead atoms. The molecule has 0 aliphatic heterocycles. The first kappa shape index (κ1) is 13.0. The lowest BCUT2D eigenvalue weighted by Crippen LogP contribution is -2.04. The van der Waals surface area contributed by atoms with E-state index in [4.69, 9.17) is 16.3 Å². The predicted octanol–water partition coefficient (Wildman–Crippen LogP) is 2.55. The lowest BCUT2D eigenvalue weighted by atomic mass is 10.2. The summed E-state index contributed by atoms with van der Waals surface area (Å²) < 4.78 is 7.00. The van der Waals surface area contributed by atoms with Crippen molar-refractivity contribution in [1.29, 1.82) is 0 Å². The van der Waals surface area contributed by atoms with Crippen LogP contribution in [-0.4, -0.2) is 26.9 Å².